The average Bonchev–Trinajstić information content (AvgIpc) is 3.12. The average molecular weight is 337 g/mol. The molecule has 0 radical (unpaired) electrons. The first-order valence-corrected chi connectivity index (χ1v) is 8.38. The Morgan fingerprint density at radius 1 is 1.00 bits per heavy atom. The Bertz CT molecular complexity index is 830. The summed E-state index contributed by atoms with van der Waals surface area (Å²) >= 11 is 0. The summed E-state index contributed by atoms with van der Waals surface area (Å²) in [6, 6.07) is 15.9. The van der Waals surface area contributed by atoms with Gasteiger partial charge in [-0.25, -0.2) is 0 Å². The van der Waals surface area contributed by atoms with E-state index in [9.17, 15) is 0 Å². The maximum atomic E-state index is 5.83. The van der Waals surface area contributed by atoms with Crippen molar-refractivity contribution < 1.29 is 9.15 Å². The van der Waals surface area contributed by atoms with Gasteiger partial charge in [0.15, 0.2) is 0 Å². The first kappa shape index (κ1) is 17.2. The molecule has 0 aliphatic carbocycles. The molecule has 1 N–H and O–H groups in total. The molecule has 0 spiro atoms. The molecule has 130 valence electrons. The van der Waals surface area contributed by atoms with Gasteiger partial charge in [-0.3, -0.25) is 5.32 Å². The third-order valence-electron chi connectivity index (χ3n) is 4.18. The fraction of sp³-hybridized carbons (Fsp3) is 0.300. The molecule has 3 rings (SSSR count). The van der Waals surface area contributed by atoms with Crippen LogP contribution in [0, 0.1) is 6.92 Å². The lowest BCUT2D eigenvalue weighted by molar-refractivity contribution is 0.375. The van der Waals surface area contributed by atoms with Crippen LogP contribution >= 0.6 is 0 Å². The minimum Gasteiger partial charge on any atom is -0.496 e. The molecule has 0 fully saturated rings. The van der Waals surface area contributed by atoms with Gasteiger partial charge in [-0.1, -0.05) is 35.9 Å². The molecule has 0 saturated heterocycles. The molecule has 25 heavy (non-hydrogen) atoms. The minimum atomic E-state index is -0.0785. The van der Waals surface area contributed by atoms with Crippen LogP contribution in [0.15, 0.2) is 52.9 Å². The number of nitrogens with one attached hydrogen (secondary N) is 1. The Labute approximate surface area is 148 Å². The lowest BCUT2D eigenvalue weighted by Gasteiger charge is -2.20. The van der Waals surface area contributed by atoms with Crippen molar-refractivity contribution in [1.82, 2.24) is 15.5 Å². The second kappa shape index (κ2) is 7.49. The lowest BCUT2D eigenvalue weighted by Crippen LogP contribution is -2.23. The van der Waals surface area contributed by atoms with Crippen molar-refractivity contribution in [3.63, 3.8) is 0 Å². The molecule has 1 heterocycles. The van der Waals surface area contributed by atoms with Gasteiger partial charge in [0.05, 0.1) is 13.2 Å². The van der Waals surface area contributed by atoms with Crippen molar-refractivity contribution in [1.29, 1.82) is 0 Å². The zero-order valence-corrected chi connectivity index (χ0v) is 15.0. The Hall–Kier alpha value is -2.66. The van der Waals surface area contributed by atoms with Crippen molar-refractivity contribution in [2.24, 2.45) is 0 Å². The predicted octanol–water partition coefficient (Wildman–Crippen LogP) is 4.47. The van der Waals surface area contributed by atoms with Crippen LogP contribution in [-0.2, 0) is 0 Å². The molecule has 0 aliphatic heterocycles. The van der Waals surface area contributed by atoms with Gasteiger partial charge in [-0.15, -0.1) is 10.2 Å². The van der Waals surface area contributed by atoms with Crippen LogP contribution in [0.1, 0.15) is 42.9 Å². The van der Waals surface area contributed by atoms with Crippen LogP contribution in [0.4, 0.5) is 0 Å². The molecule has 0 saturated carbocycles. The van der Waals surface area contributed by atoms with Gasteiger partial charge in [0.1, 0.15) is 5.75 Å². The van der Waals surface area contributed by atoms with Crippen molar-refractivity contribution in [3.8, 4) is 17.2 Å². The third kappa shape index (κ3) is 3.88. The van der Waals surface area contributed by atoms with E-state index in [2.05, 4.69) is 35.4 Å². The van der Waals surface area contributed by atoms with Gasteiger partial charge in [-0.2, -0.15) is 0 Å². The van der Waals surface area contributed by atoms with Gasteiger partial charge >= 0.3 is 0 Å². The van der Waals surface area contributed by atoms with E-state index in [1.54, 1.807) is 7.11 Å². The quantitative estimate of drug-likeness (QED) is 0.719. The highest BCUT2D eigenvalue weighted by Gasteiger charge is 2.19. The summed E-state index contributed by atoms with van der Waals surface area (Å²) in [5.41, 5.74) is 3.22. The van der Waals surface area contributed by atoms with Gasteiger partial charge < -0.3 is 9.15 Å². The summed E-state index contributed by atoms with van der Waals surface area (Å²) in [7, 11) is 1.69. The van der Waals surface area contributed by atoms with E-state index in [1.807, 2.05) is 49.4 Å². The Kier molecular flexibility index (Phi) is 5.14. The molecular weight excluding hydrogens is 314 g/mol. The van der Waals surface area contributed by atoms with E-state index in [-0.39, 0.29) is 12.1 Å². The lowest BCUT2D eigenvalue weighted by atomic mass is 10.0. The number of rotatable bonds is 6. The highest BCUT2D eigenvalue weighted by molar-refractivity contribution is 5.51. The van der Waals surface area contributed by atoms with Crippen LogP contribution in [0.25, 0.3) is 11.5 Å². The summed E-state index contributed by atoms with van der Waals surface area (Å²) in [4.78, 5) is 0. The van der Waals surface area contributed by atoms with Crippen LogP contribution in [0.3, 0.4) is 0 Å². The van der Waals surface area contributed by atoms with Crippen LogP contribution in [-0.4, -0.2) is 17.3 Å². The Morgan fingerprint density at radius 2 is 1.76 bits per heavy atom. The standard InChI is InChI=1S/C20H23N3O2/c1-13-10-11-18(24-4)17(12-13)14(2)21-15(3)19-22-23-20(25-19)16-8-6-5-7-9-16/h5-12,14-15,21H,1-4H3/t14-,15+/m1/s1. The van der Waals surface area contributed by atoms with Gasteiger partial charge in [0.25, 0.3) is 0 Å². The van der Waals surface area contributed by atoms with Crippen molar-refractivity contribution >= 4 is 0 Å². The molecular formula is C20H23N3O2. The zero-order valence-electron chi connectivity index (χ0n) is 15.0. The highest BCUT2D eigenvalue weighted by Crippen LogP contribution is 2.28. The number of aromatic nitrogens is 2. The molecule has 0 amide bonds. The molecule has 0 bridgehead atoms. The van der Waals surface area contributed by atoms with E-state index < -0.39 is 0 Å². The van der Waals surface area contributed by atoms with E-state index >= 15 is 0 Å². The summed E-state index contributed by atoms with van der Waals surface area (Å²) in [6.07, 6.45) is 0. The molecule has 0 unspecified atom stereocenters. The first-order chi connectivity index (χ1) is 12.1. The maximum absolute atomic E-state index is 5.83. The second-order valence-electron chi connectivity index (χ2n) is 6.17. The van der Waals surface area contributed by atoms with E-state index in [4.69, 9.17) is 9.15 Å². The second-order valence-corrected chi connectivity index (χ2v) is 6.17. The number of ether oxygens (including phenoxy) is 1. The number of hydrogen-bond donors (Lipinski definition) is 1. The number of hydrogen-bond acceptors (Lipinski definition) is 5. The highest BCUT2D eigenvalue weighted by atomic mass is 16.5. The van der Waals surface area contributed by atoms with E-state index in [0.717, 1.165) is 16.9 Å². The topological polar surface area (TPSA) is 60.2 Å². The molecule has 0 aliphatic rings. The van der Waals surface area contributed by atoms with Crippen LogP contribution in [0.5, 0.6) is 5.75 Å². The largest absolute Gasteiger partial charge is 0.496 e. The summed E-state index contributed by atoms with van der Waals surface area (Å²) < 4.78 is 11.3. The predicted molar refractivity (Wildman–Crippen MR) is 97.4 cm³/mol. The summed E-state index contributed by atoms with van der Waals surface area (Å²) in [6.45, 7) is 6.19. The van der Waals surface area contributed by atoms with Crippen LogP contribution in [0.2, 0.25) is 0 Å². The van der Waals surface area contributed by atoms with Crippen molar-refractivity contribution in [2.75, 3.05) is 7.11 Å². The fourth-order valence-corrected chi connectivity index (χ4v) is 2.84. The first-order valence-electron chi connectivity index (χ1n) is 8.38. The monoisotopic (exact) mass is 337 g/mol. The van der Waals surface area contributed by atoms with Gasteiger partial charge in [-0.05, 0) is 39.0 Å². The minimum absolute atomic E-state index is 0.0785. The number of methoxy groups -OCH3 is 1. The normalized spacial score (nSPS) is 13.4. The van der Waals surface area contributed by atoms with Gasteiger partial charge in [0, 0.05) is 17.2 Å². The van der Waals surface area contributed by atoms with E-state index in [0.29, 0.717) is 11.8 Å². The third-order valence-corrected chi connectivity index (χ3v) is 4.18. The number of nitrogens with zero attached hydrogens (tertiary/aromatic N) is 2. The summed E-state index contributed by atoms with van der Waals surface area (Å²) in [5, 5.41) is 11.8. The maximum Gasteiger partial charge on any atom is 0.247 e. The Morgan fingerprint density at radius 3 is 2.48 bits per heavy atom. The SMILES string of the molecule is COc1ccc(C)cc1[C@@H](C)N[C@@H](C)c1nnc(-c2ccccc2)o1. The van der Waals surface area contributed by atoms with Crippen molar-refractivity contribution in [2.45, 2.75) is 32.9 Å². The summed E-state index contributed by atoms with van der Waals surface area (Å²) in [5.74, 6) is 1.97. The van der Waals surface area contributed by atoms with Crippen LogP contribution < -0.4 is 10.1 Å². The number of benzene rings is 2. The number of aryl methyl sites for hydroxylation is 1. The van der Waals surface area contributed by atoms with Gasteiger partial charge in [0.2, 0.25) is 11.8 Å². The zero-order chi connectivity index (χ0) is 17.8. The molecule has 2 aromatic carbocycles. The smallest absolute Gasteiger partial charge is 0.247 e. The molecule has 5 heteroatoms. The fourth-order valence-electron chi connectivity index (χ4n) is 2.84. The van der Waals surface area contributed by atoms with E-state index in [1.165, 1.54) is 5.56 Å². The van der Waals surface area contributed by atoms with Crippen molar-refractivity contribution in [3.05, 3.63) is 65.5 Å². The molecule has 5 nitrogen and oxygen atoms in total. The Balaban J connectivity index is 1.75. The molecule has 2 atom stereocenters. The molecule has 3 aromatic rings. The molecule has 1 aromatic heterocycles.